The highest BCUT2D eigenvalue weighted by molar-refractivity contribution is 6.03. The molecule has 2 aromatic rings. The molecular weight excluding hydrogens is 294 g/mol. The first kappa shape index (κ1) is 16.3. The molecular formula is C18H17NO4. The van der Waals surface area contributed by atoms with Crippen molar-refractivity contribution in [2.24, 2.45) is 0 Å². The average Bonchev–Trinajstić information content (AvgIpc) is 2.61. The topological polar surface area (TPSA) is 64.6 Å². The summed E-state index contributed by atoms with van der Waals surface area (Å²) in [5.41, 5.74) is 1.14. The second kappa shape index (κ2) is 7.79. The number of hydrogen-bond acceptors (Lipinski definition) is 4. The molecule has 1 amide bonds. The van der Waals surface area contributed by atoms with Crippen molar-refractivity contribution >= 4 is 18.0 Å². The van der Waals surface area contributed by atoms with Gasteiger partial charge in [0, 0.05) is 11.1 Å². The van der Waals surface area contributed by atoms with Crippen LogP contribution in [-0.2, 0) is 9.53 Å². The molecule has 23 heavy (non-hydrogen) atoms. The van der Waals surface area contributed by atoms with Gasteiger partial charge in [0.05, 0.1) is 14.2 Å². The number of carbonyl (C=O) groups is 2. The maximum atomic E-state index is 12.2. The van der Waals surface area contributed by atoms with Gasteiger partial charge in [-0.2, -0.15) is 0 Å². The van der Waals surface area contributed by atoms with Crippen LogP contribution in [0.2, 0.25) is 0 Å². The van der Waals surface area contributed by atoms with E-state index in [1.54, 1.807) is 36.4 Å². The third-order valence-electron chi connectivity index (χ3n) is 3.13. The summed E-state index contributed by atoms with van der Waals surface area (Å²) in [7, 11) is 2.79. The Labute approximate surface area is 134 Å². The Kier molecular flexibility index (Phi) is 5.52. The van der Waals surface area contributed by atoms with Gasteiger partial charge in [-0.15, -0.1) is 0 Å². The van der Waals surface area contributed by atoms with E-state index in [1.807, 2.05) is 18.2 Å². The molecule has 0 unspecified atom stereocenters. The van der Waals surface area contributed by atoms with Crippen LogP contribution in [0.15, 0.2) is 60.3 Å². The lowest BCUT2D eigenvalue weighted by atomic mass is 10.1. The molecule has 1 N–H and O–H groups in total. The number of methoxy groups -OCH3 is 2. The Morgan fingerprint density at radius 3 is 2.26 bits per heavy atom. The van der Waals surface area contributed by atoms with Crippen molar-refractivity contribution in [2.75, 3.05) is 14.2 Å². The van der Waals surface area contributed by atoms with Crippen LogP contribution < -0.4 is 10.1 Å². The number of rotatable bonds is 5. The Balaban J connectivity index is 2.32. The molecule has 0 aliphatic carbocycles. The Hall–Kier alpha value is -3.08. The first-order valence-corrected chi connectivity index (χ1v) is 6.95. The van der Waals surface area contributed by atoms with Crippen molar-refractivity contribution < 1.29 is 19.1 Å². The zero-order valence-electron chi connectivity index (χ0n) is 12.9. The zero-order valence-corrected chi connectivity index (χ0v) is 12.9. The molecule has 0 saturated heterocycles. The smallest absolute Gasteiger partial charge is 0.354 e. The molecule has 0 saturated carbocycles. The third-order valence-corrected chi connectivity index (χ3v) is 3.13. The van der Waals surface area contributed by atoms with E-state index in [4.69, 9.17) is 9.47 Å². The predicted molar refractivity (Wildman–Crippen MR) is 86.9 cm³/mol. The molecule has 0 fully saturated rings. The van der Waals surface area contributed by atoms with Crippen molar-refractivity contribution in [1.29, 1.82) is 0 Å². The van der Waals surface area contributed by atoms with E-state index < -0.39 is 11.9 Å². The van der Waals surface area contributed by atoms with Gasteiger partial charge in [0.1, 0.15) is 11.4 Å². The lowest BCUT2D eigenvalue weighted by molar-refractivity contribution is -0.136. The normalized spacial score (nSPS) is 10.8. The summed E-state index contributed by atoms with van der Waals surface area (Å²) in [6.45, 7) is 0. The first-order chi connectivity index (χ1) is 11.2. The van der Waals surface area contributed by atoms with Gasteiger partial charge in [0.15, 0.2) is 0 Å². The Morgan fingerprint density at radius 2 is 1.61 bits per heavy atom. The predicted octanol–water partition coefficient (Wildman–Crippen LogP) is 2.64. The van der Waals surface area contributed by atoms with Gasteiger partial charge in [-0.1, -0.05) is 36.4 Å². The van der Waals surface area contributed by atoms with E-state index in [0.717, 1.165) is 0 Å². The van der Waals surface area contributed by atoms with Crippen LogP contribution >= 0.6 is 0 Å². The Bertz CT molecular complexity index is 723. The molecule has 0 aromatic heterocycles. The van der Waals surface area contributed by atoms with Crippen LogP contribution in [0.5, 0.6) is 5.75 Å². The summed E-state index contributed by atoms with van der Waals surface area (Å²) < 4.78 is 9.97. The number of ether oxygens (including phenoxy) is 2. The van der Waals surface area contributed by atoms with E-state index in [2.05, 4.69) is 5.32 Å². The number of nitrogens with one attached hydrogen (secondary N) is 1. The van der Waals surface area contributed by atoms with Crippen molar-refractivity contribution in [2.45, 2.75) is 0 Å². The number of benzene rings is 2. The second-order valence-corrected chi connectivity index (χ2v) is 4.61. The van der Waals surface area contributed by atoms with Gasteiger partial charge in [0.25, 0.3) is 5.91 Å². The van der Waals surface area contributed by atoms with E-state index in [1.165, 1.54) is 20.3 Å². The van der Waals surface area contributed by atoms with Crippen LogP contribution in [0.25, 0.3) is 6.08 Å². The molecule has 118 valence electrons. The van der Waals surface area contributed by atoms with Crippen LogP contribution in [0, 0.1) is 0 Å². The number of amides is 1. The maximum absolute atomic E-state index is 12.2. The van der Waals surface area contributed by atoms with Gasteiger partial charge >= 0.3 is 5.97 Å². The fourth-order valence-corrected chi connectivity index (χ4v) is 1.98. The minimum atomic E-state index is -0.639. The first-order valence-electron chi connectivity index (χ1n) is 6.95. The van der Waals surface area contributed by atoms with E-state index >= 15 is 0 Å². The summed E-state index contributed by atoms with van der Waals surface area (Å²) in [5, 5.41) is 2.58. The highest BCUT2D eigenvalue weighted by atomic mass is 16.5. The standard InChI is InChI=1S/C18H17NO4/c1-22-16-11-7-6-10-14(16)12-15(18(21)23-2)19-17(20)13-8-4-3-5-9-13/h3-12H,1-2H3,(H,19,20). The van der Waals surface area contributed by atoms with Gasteiger partial charge in [-0.3, -0.25) is 4.79 Å². The zero-order chi connectivity index (χ0) is 16.7. The van der Waals surface area contributed by atoms with Crippen LogP contribution in [0.1, 0.15) is 15.9 Å². The molecule has 0 aliphatic rings. The summed E-state index contributed by atoms with van der Waals surface area (Å²) >= 11 is 0. The largest absolute Gasteiger partial charge is 0.496 e. The lowest BCUT2D eigenvalue weighted by Crippen LogP contribution is -2.28. The molecule has 0 bridgehead atoms. The third kappa shape index (κ3) is 4.20. The average molecular weight is 311 g/mol. The molecule has 2 rings (SSSR count). The van der Waals surface area contributed by atoms with E-state index in [-0.39, 0.29) is 5.70 Å². The monoisotopic (exact) mass is 311 g/mol. The highest BCUT2D eigenvalue weighted by Gasteiger charge is 2.15. The molecule has 5 nitrogen and oxygen atoms in total. The fraction of sp³-hybridized carbons (Fsp3) is 0.111. The SMILES string of the molecule is COC(=O)C(=Cc1ccccc1OC)NC(=O)c1ccccc1. The summed E-state index contributed by atoms with van der Waals surface area (Å²) in [4.78, 5) is 24.2. The number of carbonyl (C=O) groups excluding carboxylic acids is 2. The van der Waals surface area contributed by atoms with Crippen LogP contribution in [0.4, 0.5) is 0 Å². The van der Waals surface area contributed by atoms with Crippen LogP contribution in [0.3, 0.4) is 0 Å². The highest BCUT2D eigenvalue weighted by Crippen LogP contribution is 2.20. The quantitative estimate of drug-likeness (QED) is 0.681. The fourth-order valence-electron chi connectivity index (χ4n) is 1.98. The number of esters is 1. The van der Waals surface area contributed by atoms with E-state index in [9.17, 15) is 9.59 Å². The summed E-state index contributed by atoms with van der Waals surface area (Å²) in [6, 6.07) is 15.8. The van der Waals surface area contributed by atoms with E-state index in [0.29, 0.717) is 16.9 Å². The minimum Gasteiger partial charge on any atom is -0.496 e. The minimum absolute atomic E-state index is 0.0332. The second-order valence-electron chi connectivity index (χ2n) is 4.61. The van der Waals surface area contributed by atoms with Crippen molar-refractivity contribution in [3.63, 3.8) is 0 Å². The molecule has 0 heterocycles. The molecule has 0 spiro atoms. The van der Waals surface area contributed by atoms with Crippen molar-refractivity contribution in [3.8, 4) is 5.75 Å². The number of hydrogen-bond donors (Lipinski definition) is 1. The number of para-hydroxylation sites is 1. The lowest BCUT2D eigenvalue weighted by Gasteiger charge is -2.10. The molecule has 2 aromatic carbocycles. The Morgan fingerprint density at radius 1 is 0.957 bits per heavy atom. The van der Waals surface area contributed by atoms with Gasteiger partial charge in [-0.05, 0) is 24.3 Å². The maximum Gasteiger partial charge on any atom is 0.354 e. The van der Waals surface area contributed by atoms with Crippen LogP contribution in [-0.4, -0.2) is 26.1 Å². The molecule has 0 radical (unpaired) electrons. The summed E-state index contributed by atoms with van der Waals surface area (Å²) in [6.07, 6.45) is 1.52. The van der Waals surface area contributed by atoms with Gasteiger partial charge in [-0.25, -0.2) is 4.79 Å². The van der Waals surface area contributed by atoms with Gasteiger partial charge in [0.2, 0.25) is 0 Å². The molecule has 0 atom stereocenters. The summed E-state index contributed by atoms with van der Waals surface area (Å²) in [5.74, 6) is -0.444. The van der Waals surface area contributed by atoms with Crippen molar-refractivity contribution in [1.82, 2.24) is 5.32 Å². The molecule has 5 heteroatoms. The van der Waals surface area contributed by atoms with Crippen molar-refractivity contribution in [3.05, 3.63) is 71.4 Å². The molecule has 0 aliphatic heterocycles. The van der Waals surface area contributed by atoms with Gasteiger partial charge < -0.3 is 14.8 Å².